The third kappa shape index (κ3) is 68.8. The number of carbonyl (C=O) groups is 4. The van der Waals surface area contributed by atoms with Crippen LogP contribution in [0.5, 0.6) is 0 Å². The van der Waals surface area contributed by atoms with E-state index in [9.17, 15) is 43.2 Å². The van der Waals surface area contributed by atoms with E-state index in [0.717, 1.165) is 186 Å². The predicted octanol–water partition coefficient (Wildman–Crippen LogP) is 21.4. The zero-order valence-electron chi connectivity index (χ0n) is 60.5. The number of esters is 4. The average molecular weight is 1400 g/mol. The van der Waals surface area contributed by atoms with Crippen molar-refractivity contribution in [3.63, 3.8) is 0 Å². The summed E-state index contributed by atoms with van der Waals surface area (Å²) < 4.78 is 68.4. The highest BCUT2D eigenvalue weighted by atomic mass is 31.2. The predicted molar refractivity (Wildman–Crippen MR) is 390 cm³/mol. The molecule has 0 aliphatic rings. The number of phosphoric ester groups is 2. The van der Waals surface area contributed by atoms with Gasteiger partial charge in [-0.05, 0) is 135 Å². The largest absolute Gasteiger partial charge is 0.472 e. The molecule has 0 aromatic heterocycles. The molecule has 5 unspecified atom stereocenters. The Kier molecular flexibility index (Phi) is 67.0. The lowest BCUT2D eigenvalue weighted by atomic mass is 10.1. The zero-order valence-corrected chi connectivity index (χ0v) is 62.3. The Morgan fingerprint density at radius 3 is 0.896 bits per heavy atom. The second-order valence-electron chi connectivity index (χ2n) is 25.2. The zero-order chi connectivity index (χ0) is 70.4. The van der Waals surface area contributed by atoms with E-state index in [1.807, 2.05) is 0 Å². The average Bonchev–Trinajstić information content (AvgIpc) is 1.13. The van der Waals surface area contributed by atoms with Gasteiger partial charge in [0.05, 0.1) is 26.4 Å². The molecule has 5 atom stereocenters. The van der Waals surface area contributed by atoms with Crippen molar-refractivity contribution in [3.8, 4) is 0 Å². The molecule has 0 aliphatic heterocycles. The summed E-state index contributed by atoms with van der Waals surface area (Å²) in [6, 6.07) is 0. The molecule has 0 amide bonds. The number of ether oxygens (including phenoxy) is 4. The minimum Gasteiger partial charge on any atom is -0.462 e. The minimum atomic E-state index is -4.97. The smallest absolute Gasteiger partial charge is 0.462 e. The van der Waals surface area contributed by atoms with Gasteiger partial charge in [0, 0.05) is 25.7 Å². The Hall–Kier alpha value is -3.76. The van der Waals surface area contributed by atoms with Gasteiger partial charge in [-0.1, -0.05) is 248 Å². The van der Waals surface area contributed by atoms with Crippen molar-refractivity contribution in [2.75, 3.05) is 39.6 Å². The Labute approximate surface area is 583 Å². The van der Waals surface area contributed by atoms with Crippen LogP contribution in [0.25, 0.3) is 0 Å². The van der Waals surface area contributed by atoms with Crippen molar-refractivity contribution in [1.29, 1.82) is 0 Å². The molecule has 96 heavy (non-hydrogen) atoms. The van der Waals surface area contributed by atoms with Crippen LogP contribution in [0.3, 0.4) is 0 Å². The maximum Gasteiger partial charge on any atom is 0.472 e. The van der Waals surface area contributed by atoms with Crippen LogP contribution in [0.4, 0.5) is 0 Å². The Morgan fingerprint density at radius 1 is 0.302 bits per heavy atom. The second kappa shape index (κ2) is 69.7. The molecule has 0 spiro atoms. The first-order valence-electron chi connectivity index (χ1n) is 37.8. The van der Waals surface area contributed by atoms with E-state index in [-0.39, 0.29) is 25.7 Å². The molecule has 19 heteroatoms. The van der Waals surface area contributed by atoms with Gasteiger partial charge in [0.2, 0.25) is 0 Å². The lowest BCUT2D eigenvalue weighted by Gasteiger charge is -2.21. The van der Waals surface area contributed by atoms with Gasteiger partial charge >= 0.3 is 39.5 Å². The van der Waals surface area contributed by atoms with Gasteiger partial charge in [0.15, 0.2) is 12.2 Å². The summed E-state index contributed by atoms with van der Waals surface area (Å²) in [5, 5.41) is 10.6. The second-order valence-corrected chi connectivity index (χ2v) is 28.1. The van der Waals surface area contributed by atoms with E-state index >= 15 is 0 Å². The molecular formula is C77H136O17P2. The highest BCUT2D eigenvalue weighted by Crippen LogP contribution is 2.45. The quantitative estimate of drug-likeness (QED) is 0.0169. The van der Waals surface area contributed by atoms with Gasteiger partial charge < -0.3 is 33.8 Å². The third-order valence-electron chi connectivity index (χ3n) is 15.8. The molecule has 0 aromatic carbocycles. The standard InChI is InChI=1S/C77H136O17P2/c1-5-9-13-17-21-25-29-32-34-35-37-40-43-46-50-54-58-62-75(80)87-67-72(93-76(81)63-59-55-51-47-41-28-24-20-16-12-8-4)69-91-95(83,84)89-65-71(78)66-90-96(85,86)92-70-73(94-77(82)64-60-56-52-48-44-38-31-27-23-19-15-11-7-3)68-88-74(79)61-57-53-49-45-42-39-36-33-30-26-22-18-14-10-6-2/h9,13,20-22,24-27,31-34,36,71-73,78H,5-8,10-12,14-19,23,28-30,35,37-70H2,1-4H3,(H,83,84)(H,85,86)/b13-9-,24-20-,25-21-,26-22-,31-27-,34-32-,36-33-. The topological polar surface area (TPSA) is 237 Å². The van der Waals surface area contributed by atoms with Gasteiger partial charge in [-0.3, -0.25) is 37.3 Å². The van der Waals surface area contributed by atoms with E-state index in [4.69, 9.17) is 37.0 Å². The summed E-state index contributed by atoms with van der Waals surface area (Å²) in [4.78, 5) is 72.7. The van der Waals surface area contributed by atoms with E-state index in [1.165, 1.54) is 57.8 Å². The first-order valence-corrected chi connectivity index (χ1v) is 40.8. The fourth-order valence-corrected chi connectivity index (χ4v) is 11.6. The molecular weight excluding hydrogens is 1260 g/mol. The maximum absolute atomic E-state index is 13.1. The SMILES string of the molecule is CC/C=C\C/C=C\C/C=C\CCCCCCCCCC(=O)OCC(COP(=O)(O)OCC(O)COP(=O)(O)OCC(COC(=O)CCCCCCC/C=C\C/C=C\CCCCC)OC(=O)CCCCCCC/C=C\CCCCCC)OC(=O)CCCCCCC/C=C\CCCC. The van der Waals surface area contributed by atoms with Crippen molar-refractivity contribution < 1.29 is 80.2 Å². The van der Waals surface area contributed by atoms with Gasteiger partial charge in [0.1, 0.15) is 19.3 Å². The number of carbonyl (C=O) groups excluding carboxylic acids is 4. The van der Waals surface area contributed by atoms with Crippen LogP contribution in [0.2, 0.25) is 0 Å². The summed E-state index contributed by atoms with van der Waals surface area (Å²) >= 11 is 0. The van der Waals surface area contributed by atoms with E-state index < -0.39 is 97.5 Å². The molecule has 0 aliphatic carbocycles. The summed E-state index contributed by atoms with van der Waals surface area (Å²) in [6.45, 7) is 4.66. The number of phosphoric acid groups is 2. The molecule has 0 bridgehead atoms. The highest BCUT2D eigenvalue weighted by molar-refractivity contribution is 7.47. The van der Waals surface area contributed by atoms with Crippen LogP contribution in [-0.4, -0.2) is 96.7 Å². The van der Waals surface area contributed by atoms with E-state index in [0.29, 0.717) is 25.7 Å². The van der Waals surface area contributed by atoms with Crippen LogP contribution in [-0.2, 0) is 65.4 Å². The number of aliphatic hydroxyl groups is 1. The molecule has 17 nitrogen and oxygen atoms in total. The van der Waals surface area contributed by atoms with Crippen molar-refractivity contribution >= 4 is 39.5 Å². The van der Waals surface area contributed by atoms with Crippen LogP contribution in [0.15, 0.2) is 85.1 Å². The normalized spacial score (nSPS) is 14.4. The number of hydrogen-bond acceptors (Lipinski definition) is 15. The number of allylic oxidation sites excluding steroid dienone is 14. The summed E-state index contributed by atoms with van der Waals surface area (Å²) in [5.41, 5.74) is 0. The number of hydrogen-bond donors (Lipinski definition) is 3. The third-order valence-corrected chi connectivity index (χ3v) is 17.7. The van der Waals surface area contributed by atoms with Gasteiger partial charge in [0.25, 0.3) is 0 Å². The van der Waals surface area contributed by atoms with Crippen molar-refractivity contribution in [2.24, 2.45) is 0 Å². The van der Waals surface area contributed by atoms with Crippen LogP contribution >= 0.6 is 15.6 Å². The Bertz CT molecular complexity index is 2160. The first-order chi connectivity index (χ1) is 46.7. The maximum atomic E-state index is 13.1. The first kappa shape index (κ1) is 92.2. The molecule has 0 aromatic rings. The molecule has 556 valence electrons. The lowest BCUT2D eigenvalue weighted by molar-refractivity contribution is -0.161. The highest BCUT2D eigenvalue weighted by Gasteiger charge is 2.30. The number of rotatable bonds is 71. The Morgan fingerprint density at radius 2 is 0.552 bits per heavy atom. The number of aliphatic hydroxyl groups excluding tert-OH is 1. The molecule has 0 rings (SSSR count). The van der Waals surface area contributed by atoms with Gasteiger partial charge in [-0.25, -0.2) is 9.13 Å². The molecule has 0 saturated carbocycles. The molecule has 0 heterocycles. The summed E-state index contributed by atoms with van der Waals surface area (Å²) in [7, 11) is -9.95. The fourth-order valence-electron chi connectivity index (χ4n) is 10.0. The van der Waals surface area contributed by atoms with E-state index in [2.05, 4.69) is 113 Å². The molecule has 0 saturated heterocycles. The lowest BCUT2D eigenvalue weighted by Crippen LogP contribution is -2.30. The summed E-state index contributed by atoms with van der Waals surface area (Å²) in [5.74, 6) is -2.21. The van der Waals surface area contributed by atoms with Crippen LogP contribution < -0.4 is 0 Å². The minimum absolute atomic E-state index is 0.0829. The summed E-state index contributed by atoms with van der Waals surface area (Å²) in [6.07, 6.45) is 70.0. The monoisotopic (exact) mass is 1390 g/mol. The molecule has 0 radical (unpaired) electrons. The fraction of sp³-hybridized carbons (Fsp3) is 0.766. The van der Waals surface area contributed by atoms with Crippen molar-refractivity contribution in [2.45, 2.75) is 341 Å². The molecule has 3 N–H and O–H groups in total. The number of unbranched alkanes of at least 4 members (excludes halogenated alkanes) is 31. The van der Waals surface area contributed by atoms with Crippen molar-refractivity contribution in [1.82, 2.24) is 0 Å². The molecule has 0 fully saturated rings. The van der Waals surface area contributed by atoms with E-state index in [1.54, 1.807) is 0 Å². The van der Waals surface area contributed by atoms with Crippen molar-refractivity contribution in [3.05, 3.63) is 85.1 Å². The van der Waals surface area contributed by atoms with Gasteiger partial charge in [-0.15, -0.1) is 0 Å². The van der Waals surface area contributed by atoms with Gasteiger partial charge in [-0.2, -0.15) is 0 Å². The Balaban J connectivity index is 5.32. The van der Waals surface area contributed by atoms with Crippen LogP contribution in [0, 0.1) is 0 Å². The van der Waals surface area contributed by atoms with Crippen LogP contribution in [0.1, 0.15) is 323 Å².